The number of nitro groups is 1. The SMILES string of the molecule is CCOCCCNC(=O)C1CCN(Cc2cc([N+](=O)[O-])cc3c2OCOC3)CC1. The zero-order valence-electron chi connectivity index (χ0n) is 16.9. The number of nitrogens with zero attached hydrogens (tertiary/aromatic N) is 2. The van der Waals surface area contributed by atoms with Gasteiger partial charge < -0.3 is 19.5 Å². The van der Waals surface area contributed by atoms with E-state index in [0.717, 1.165) is 37.9 Å². The Kier molecular flexibility index (Phi) is 7.79. The maximum absolute atomic E-state index is 12.3. The Labute approximate surface area is 170 Å². The Hall–Kier alpha value is -2.23. The van der Waals surface area contributed by atoms with Crippen LogP contribution in [0.3, 0.4) is 0 Å². The van der Waals surface area contributed by atoms with Crippen molar-refractivity contribution in [3.05, 3.63) is 33.4 Å². The van der Waals surface area contributed by atoms with Gasteiger partial charge in [-0.15, -0.1) is 0 Å². The maximum atomic E-state index is 12.3. The molecular weight excluding hydrogens is 378 g/mol. The first-order chi connectivity index (χ1) is 14.1. The number of fused-ring (bicyclic) bond motifs is 1. The molecule has 1 amide bonds. The topological polar surface area (TPSA) is 103 Å². The number of hydrogen-bond donors (Lipinski definition) is 1. The highest BCUT2D eigenvalue weighted by Gasteiger charge is 2.27. The predicted octanol–water partition coefficient (Wildman–Crippen LogP) is 2.22. The molecular formula is C20H29N3O6. The van der Waals surface area contributed by atoms with E-state index < -0.39 is 0 Å². The van der Waals surface area contributed by atoms with Crippen molar-refractivity contribution in [3.63, 3.8) is 0 Å². The number of amides is 1. The molecule has 2 aliphatic heterocycles. The number of carbonyl (C=O) groups is 1. The number of non-ortho nitro benzene ring substituents is 1. The summed E-state index contributed by atoms with van der Waals surface area (Å²) in [5, 5.41) is 14.2. The molecule has 0 radical (unpaired) electrons. The first-order valence-electron chi connectivity index (χ1n) is 10.2. The number of ether oxygens (including phenoxy) is 3. The Morgan fingerprint density at radius 1 is 1.38 bits per heavy atom. The second-order valence-corrected chi connectivity index (χ2v) is 7.35. The van der Waals surface area contributed by atoms with Crippen molar-refractivity contribution >= 4 is 11.6 Å². The summed E-state index contributed by atoms with van der Waals surface area (Å²) in [7, 11) is 0. The summed E-state index contributed by atoms with van der Waals surface area (Å²) in [6, 6.07) is 3.10. The molecule has 0 aliphatic carbocycles. The van der Waals surface area contributed by atoms with Crippen LogP contribution in [0, 0.1) is 16.0 Å². The monoisotopic (exact) mass is 407 g/mol. The van der Waals surface area contributed by atoms with Gasteiger partial charge in [0.05, 0.1) is 11.5 Å². The summed E-state index contributed by atoms with van der Waals surface area (Å²) < 4.78 is 16.2. The summed E-state index contributed by atoms with van der Waals surface area (Å²) in [6.45, 7) is 6.52. The molecule has 0 aromatic heterocycles. The van der Waals surface area contributed by atoms with Crippen LogP contribution < -0.4 is 10.1 Å². The number of rotatable bonds is 9. The molecule has 9 nitrogen and oxygen atoms in total. The lowest BCUT2D eigenvalue weighted by atomic mass is 9.95. The van der Waals surface area contributed by atoms with Crippen molar-refractivity contribution in [2.45, 2.75) is 39.3 Å². The van der Waals surface area contributed by atoms with Crippen molar-refractivity contribution in [1.29, 1.82) is 0 Å². The van der Waals surface area contributed by atoms with E-state index in [4.69, 9.17) is 14.2 Å². The first kappa shape index (κ1) is 21.5. The summed E-state index contributed by atoms with van der Waals surface area (Å²) in [4.78, 5) is 25.4. The van der Waals surface area contributed by atoms with Crippen LogP contribution in [0.15, 0.2) is 12.1 Å². The average molecular weight is 407 g/mol. The molecule has 160 valence electrons. The molecule has 1 aromatic carbocycles. The number of carbonyl (C=O) groups excluding carboxylic acids is 1. The summed E-state index contributed by atoms with van der Waals surface area (Å²) in [6.07, 6.45) is 2.37. The van der Waals surface area contributed by atoms with Gasteiger partial charge in [0.15, 0.2) is 6.79 Å². The molecule has 1 N–H and O–H groups in total. The Bertz CT molecular complexity index is 718. The van der Waals surface area contributed by atoms with Crippen LogP contribution in [-0.4, -0.2) is 55.4 Å². The Balaban J connectivity index is 1.52. The van der Waals surface area contributed by atoms with Gasteiger partial charge in [-0.3, -0.25) is 19.8 Å². The molecule has 0 unspecified atom stereocenters. The van der Waals surface area contributed by atoms with Crippen LogP contribution in [0.25, 0.3) is 0 Å². The van der Waals surface area contributed by atoms with Gasteiger partial charge in [0.25, 0.3) is 5.69 Å². The third-order valence-corrected chi connectivity index (χ3v) is 5.30. The van der Waals surface area contributed by atoms with Gasteiger partial charge in [-0.05, 0) is 39.3 Å². The zero-order valence-corrected chi connectivity index (χ0v) is 16.9. The normalized spacial score (nSPS) is 17.4. The Morgan fingerprint density at radius 3 is 2.90 bits per heavy atom. The number of nitro benzene ring substituents is 1. The molecule has 2 heterocycles. The van der Waals surface area contributed by atoms with Crippen molar-refractivity contribution in [2.24, 2.45) is 5.92 Å². The minimum Gasteiger partial charge on any atom is -0.467 e. The van der Waals surface area contributed by atoms with E-state index in [1.165, 1.54) is 6.07 Å². The number of piperidine rings is 1. The highest BCUT2D eigenvalue weighted by atomic mass is 16.7. The number of likely N-dealkylation sites (tertiary alicyclic amines) is 1. The summed E-state index contributed by atoms with van der Waals surface area (Å²) in [5.41, 5.74) is 1.56. The van der Waals surface area contributed by atoms with Crippen LogP contribution in [-0.2, 0) is 27.4 Å². The van der Waals surface area contributed by atoms with E-state index in [2.05, 4.69) is 10.2 Å². The summed E-state index contributed by atoms with van der Waals surface area (Å²) in [5.74, 6) is 0.812. The molecule has 3 rings (SSSR count). The number of hydrogen-bond acceptors (Lipinski definition) is 7. The van der Waals surface area contributed by atoms with Crippen molar-refractivity contribution in [2.75, 3.05) is 39.6 Å². The second kappa shape index (κ2) is 10.5. The largest absolute Gasteiger partial charge is 0.467 e. The lowest BCUT2D eigenvalue weighted by Crippen LogP contribution is -2.40. The number of nitrogens with one attached hydrogen (secondary N) is 1. The third kappa shape index (κ3) is 5.88. The zero-order chi connectivity index (χ0) is 20.6. The molecule has 0 atom stereocenters. The highest BCUT2D eigenvalue weighted by molar-refractivity contribution is 5.78. The van der Waals surface area contributed by atoms with Gasteiger partial charge >= 0.3 is 0 Å². The highest BCUT2D eigenvalue weighted by Crippen LogP contribution is 2.34. The van der Waals surface area contributed by atoms with E-state index in [1.54, 1.807) is 6.07 Å². The fourth-order valence-corrected chi connectivity index (χ4v) is 3.77. The molecule has 29 heavy (non-hydrogen) atoms. The molecule has 9 heteroatoms. The van der Waals surface area contributed by atoms with E-state index in [0.29, 0.717) is 44.2 Å². The van der Waals surface area contributed by atoms with Crippen LogP contribution >= 0.6 is 0 Å². The van der Waals surface area contributed by atoms with Gasteiger partial charge in [-0.2, -0.15) is 0 Å². The molecule has 0 bridgehead atoms. The van der Waals surface area contributed by atoms with Crippen molar-refractivity contribution in [3.8, 4) is 5.75 Å². The van der Waals surface area contributed by atoms with Crippen molar-refractivity contribution in [1.82, 2.24) is 10.2 Å². The minimum absolute atomic E-state index is 0.0158. The van der Waals surface area contributed by atoms with Gasteiger partial charge in [0, 0.05) is 55.5 Å². The predicted molar refractivity (Wildman–Crippen MR) is 106 cm³/mol. The van der Waals surface area contributed by atoms with Gasteiger partial charge in [-0.25, -0.2) is 0 Å². The molecule has 0 spiro atoms. The van der Waals surface area contributed by atoms with Gasteiger partial charge in [-0.1, -0.05) is 0 Å². The standard InChI is InChI=1S/C20H29N3O6/c1-2-27-9-3-6-21-20(24)15-4-7-22(8-5-15)12-16-10-18(23(25)26)11-17-13-28-14-29-19(16)17/h10-11,15H,2-9,12-14H2,1H3,(H,21,24). The maximum Gasteiger partial charge on any atom is 0.270 e. The van der Waals surface area contributed by atoms with E-state index in [-0.39, 0.29) is 29.2 Å². The fourth-order valence-electron chi connectivity index (χ4n) is 3.77. The lowest BCUT2D eigenvalue weighted by molar-refractivity contribution is -0.385. The second-order valence-electron chi connectivity index (χ2n) is 7.35. The average Bonchev–Trinajstić information content (AvgIpc) is 2.74. The molecule has 2 aliphatic rings. The molecule has 1 aromatic rings. The third-order valence-electron chi connectivity index (χ3n) is 5.30. The number of benzene rings is 1. The van der Waals surface area contributed by atoms with Gasteiger partial charge in [0.1, 0.15) is 5.75 Å². The quantitative estimate of drug-likeness (QED) is 0.380. The Morgan fingerprint density at radius 2 is 2.17 bits per heavy atom. The summed E-state index contributed by atoms with van der Waals surface area (Å²) >= 11 is 0. The molecule has 1 fully saturated rings. The van der Waals surface area contributed by atoms with Crippen LogP contribution in [0.5, 0.6) is 5.75 Å². The molecule has 0 saturated carbocycles. The minimum atomic E-state index is -0.388. The van der Waals surface area contributed by atoms with Crippen molar-refractivity contribution < 1.29 is 23.9 Å². The van der Waals surface area contributed by atoms with Crippen LogP contribution in [0.1, 0.15) is 37.3 Å². The molecule has 1 saturated heterocycles. The van der Waals surface area contributed by atoms with E-state index >= 15 is 0 Å². The smallest absolute Gasteiger partial charge is 0.270 e. The van der Waals surface area contributed by atoms with E-state index in [9.17, 15) is 14.9 Å². The van der Waals surface area contributed by atoms with Gasteiger partial charge in [0.2, 0.25) is 5.91 Å². The first-order valence-corrected chi connectivity index (χ1v) is 10.2. The lowest BCUT2D eigenvalue weighted by Gasteiger charge is -2.32. The van der Waals surface area contributed by atoms with Crippen LogP contribution in [0.4, 0.5) is 5.69 Å². The van der Waals surface area contributed by atoms with Crippen LogP contribution in [0.2, 0.25) is 0 Å². The van der Waals surface area contributed by atoms with E-state index in [1.807, 2.05) is 6.92 Å². The fraction of sp³-hybridized carbons (Fsp3) is 0.650.